The normalized spacial score (nSPS) is 22.8. The standard InChI is InChI=1S/C23H26ClFN4O4S/c1-13-18(25)3-2-4-19(13)26-23(31)27-20-8-7-17(24)22(21(20)30)34(32,33)29-12-15-9-16(29)11-28(15)10-14-5-6-14/h2-4,7-8,14-16,30H,5-6,9-12H2,1H3,(H2,26,27,31)/t15-,16+/m1/s1. The molecule has 0 spiro atoms. The number of sulfonamides is 1. The fourth-order valence-electron chi connectivity index (χ4n) is 4.89. The zero-order chi connectivity index (χ0) is 24.2. The van der Waals surface area contributed by atoms with E-state index in [0.717, 1.165) is 18.9 Å². The second-order valence-corrected chi connectivity index (χ2v) is 11.5. The number of likely N-dealkylation sites (tertiary alicyclic amines) is 1. The predicted molar refractivity (Wildman–Crippen MR) is 127 cm³/mol. The van der Waals surface area contributed by atoms with Gasteiger partial charge in [-0.2, -0.15) is 4.31 Å². The van der Waals surface area contributed by atoms with Crippen molar-refractivity contribution >= 4 is 39.0 Å². The predicted octanol–water partition coefficient (Wildman–Crippen LogP) is 3.99. The first-order chi connectivity index (χ1) is 16.1. The molecule has 2 aromatic rings. The minimum Gasteiger partial charge on any atom is -0.504 e. The Hall–Kier alpha value is -2.40. The van der Waals surface area contributed by atoms with E-state index in [1.165, 1.54) is 54.4 Å². The Morgan fingerprint density at radius 3 is 2.56 bits per heavy atom. The van der Waals surface area contributed by atoms with Gasteiger partial charge in [0.05, 0.1) is 10.7 Å². The van der Waals surface area contributed by atoms with Gasteiger partial charge in [0.2, 0.25) is 10.0 Å². The minimum atomic E-state index is -4.09. The van der Waals surface area contributed by atoms with E-state index in [2.05, 4.69) is 15.5 Å². The molecule has 34 heavy (non-hydrogen) atoms. The van der Waals surface area contributed by atoms with Crippen molar-refractivity contribution in [1.29, 1.82) is 0 Å². The summed E-state index contributed by atoms with van der Waals surface area (Å²) in [5.74, 6) is -0.375. The van der Waals surface area contributed by atoms with Crippen molar-refractivity contribution in [3.63, 3.8) is 0 Å². The molecule has 2 amide bonds. The summed E-state index contributed by atoms with van der Waals surface area (Å²) in [5, 5.41) is 15.6. The van der Waals surface area contributed by atoms with Gasteiger partial charge in [0.15, 0.2) is 5.75 Å². The molecule has 182 valence electrons. The molecule has 2 heterocycles. The molecule has 1 aliphatic carbocycles. The van der Waals surface area contributed by atoms with Crippen molar-refractivity contribution < 1.29 is 22.7 Å². The molecule has 1 saturated carbocycles. The number of halogens is 2. The number of aromatic hydroxyl groups is 1. The first-order valence-corrected chi connectivity index (χ1v) is 13.1. The molecule has 2 aliphatic heterocycles. The highest BCUT2D eigenvalue weighted by atomic mass is 35.5. The van der Waals surface area contributed by atoms with Crippen LogP contribution in [-0.2, 0) is 10.0 Å². The molecule has 5 rings (SSSR count). The van der Waals surface area contributed by atoms with E-state index in [1.807, 2.05) is 0 Å². The number of nitrogens with one attached hydrogen (secondary N) is 2. The van der Waals surface area contributed by atoms with E-state index in [0.29, 0.717) is 13.1 Å². The van der Waals surface area contributed by atoms with E-state index in [9.17, 15) is 22.7 Å². The van der Waals surface area contributed by atoms with Crippen LogP contribution in [0.1, 0.15) is 24.8 Å². The fraction of sp³-hybridized carbons (Fsp3) is 0.435. The maximum atomic E-state index is 13.7. The molecule has 3 aliphatic rings. The van der Waals surface area contributed by atoms with E-state index >= 15 is 0 Å². The number of fused-ring (bicyclic) bond motifs is 2. The maximum Gasteiger partial charge on any atom is 0.323 e. The van der Waals surface area contributed by atoms with Crippen LogP contribution in [0.25, 0.3) is 0 Å². The van der Waals surface area contributed by atoms with E-state index < -0.39 is 32.5 Å². The lowest BCUT2D eigenvalue weighted by molar-refractivity contribution is 0.175. The van der Waals surface area contributed by atoms with E-state index in [1.54, 1.807) is 0 Å². The summed E-state index contributed by atoms with van der Waals surface area (Å²) in [6, 6.07) is 6.15. The average molecular weight is 509 g/mol. The molecule has 8 nitrogen and oxygen atoms in total. The molecule has 2 saturated heterocycles. The summed E-state index contributed by atoms with van der Waals surface area (Å²) in [5.41, 5.74) is 0.387. The summed E-state index contributed by atoms with van der Waals surface area (Å²) in [7, 11) is -4.09. The molecule has 2 atom stereocenters. The number of phenolic OH excluding ortho intramolecular Hbond substituents is 1. The molecule has 3 N–H and O–H groups in total. The third-order valence-electron chi connectivity index (χ3n) is 6.91. The number of carbonyl (C=O) groups excluding carboxylic acids is 1. The van der Waals surface area contributed by atoms with Crippen molar-refractivity contribution in [3.05, 3.63) is 46.7 Å². The van der Waals surface area contributed by atoms with Gasteiger partial charge in [0.25, 0.3) is 0 Å². The van der Waals surface area contributed by atoms with Crippen LogP contribution in [0.2, 0.25) is 5.02 Å². The van der Waals surface area contributed by atoms with Crippen LogP contribution in [0.4, 0.5) is 20.6 Å². The van der Waals surface area contributed by atoms with Crippen molar-refractivity contribution in [2.24, 2.45) is 5.92 Å². The van der Waals surface area contributed by atoms with Gasteiger partial charge in [-0.15, -0.1) is 0 Å². The third kappa shape index (κ3) is 4.24. The van der Waals surface area contributed by atoms with Crippen molar-refractivity contribution in [3.8, 4) is 5.75 Å². The highest BCUT2D eigenvalue weighted by Gasteiger charge is 2.50. The second-order valence-electron chi connectivity index (χ2n) is 9.28. The van der Waals surface area contributed by atoms with Crippen LogP contribution in [0.5, 0.6) is 5.75 Å². The van der Waals surface area contributed by atoms with Crippen molar-refractivity contribution in [1.82, 2.24) is 9.21 Å². The van der Waals surface area contributed by atoms with Crippen molar-refractivity contribution in [2.45, 2.75) is 43.2 Å². The molecule has 0 radical (unpaired) electrons. The number of phenols is 1. The lowest BCUT2D eigenvalue weighted by atomic mass is 10.2. The molecule has 3 fully saturated rings. The zero-order valence-corrected chi connectivity index (χ0v) is 20.2. The molecule has 0 aromatic heterocycles. The largest absolute Gasteiger partial charge is 0.504 e. The minimum absolute atomic E-state index is 0.116. The number of carbonyl (C=O) groups is 1. The van der Waals surface area contributed by atoms with Gasteiger partial charge in [0, 0.05) is 43.0 Å². The molecular weight excluding hydrogens is 483 g/mol. The van der Waals surface area contributed by atoms with Crippen LogP contribution < -0.4 is 10.6 Å². The van der Waals surface area contributed by atoms with Crippen LogP contribution in [0, 0.1) is 18.7 Å². The van der Waals surface area contributed by atoms with E-state index in [-0.39, 0.29) is 34.0 Å². The SMILES string of the molecule is Cc1c(F)cccc1NC(=O)Nc1ccc(Cl)c(S(=O)(=O)N2C[C@H]3C[C@H]2CN3CC2CC2)c1O. The van der Waals surface area contributed by atoms with Crippen LogP contribution in [-0.4, -0.2) is 60.5 Å². The smallest absolute Gasteiger partial charge is 0.323 e. The highest BCUT2D eigenvalue weighted by Crippen LogP contribution is 2.43. The highest BCUT2D eigenvalue weighted by molar-refractivity contribution is 7.89. The third-order valence-corrected chi connectivity index (χ3v) is 9.33. The molecular formula is C23H26ClFN4O4S. The maximum absolute atomic E-state index is 13.7. The molecule has 0 unspecified atom stereocenters. The number of hydrogen-bond donors (Lipinski definition) is 3. The fourth-order valence-corrected chi connectivity index (χ4v) is 7.15. The number of urea groups is 1. The van der Waals surface area contributed by atoms with Gasteiger partial charge in [0.1, 0.15) is 10.7 Å². The number of piperazine rings is 1. The topological polar surface area (TPSA) is 102 Å². The van der Waals surface area contributed by atoms with Gasteiger partial charge >= 0.3 is 6.03 Å². The van der Waals surface area contributed by atoms with Crippen LogP contribution >= 0.6 is 11.6 Å². The van der Waals surface area contributed by atoms with Crippen molar-refractivity contribution in [2.75, 3.05) is 30.3 Å². The van der Waals surface area contributed by atoms with Gasteiger partial charge in [-0.25, -0.2) is 17.6 Å². The first kappa shape index (κ1) is 23.3. The molecule has 11 heteroatoms. The Morgan fingerprint density at radius 1 is 1.15 bits per heavy atom. The Morgan fingerprint density at radius 2 is 1.88 bits per heavy atom. The summed E-state index contributed by atoms with van der Waals surface area (Å²) in [6.07, 6.45) is 3.24. The van der Waals surface area contributed by atoms with Crippen LogP contribution in [0.3, 0.4) is 0 Å². The Balaban J connectivity index is 1.35. The Kier molecular flexibility index (Phi) is 5.96. The lowest BCUT2D eigenvalue weighted by Crippen LogP contribution is -2.49. The number of amides is 2. The monoisotopic (exact) mass is 508 g/mol. The first-order valence-electron chi connectivity index (χ1n) is 11.3. The summed E-state index contributed by atoms with van der Waals surface area (Å²) < 4.78 is 42.2. The van der Waals surface area contributed by atoms with Crippen LogP contribution in [0.15, 0.2) is 35.2 Å². The number of rotatable bonds is 6. The average Bonchev–Trinajstić information content (AvgIpc) is 3.36. The number of hydrogen-bond acceptors (Lipinski definition) is 5. The van der Waals surface area contributed by atoms with Gasteiger partial charge in [-0.05, 0) is 56.4 Å². The van der Waals surface area contributed by atoms with E-state index in [4.69, 9.17) is 11.6 Å². The number of nitrogens with zero attached hydrogens (tertiary/aromatic N) is 2. The lowest BCUT2D eigenvalue weighted by Gasteiger charge is -2.33. The Bertz CT molecular complexity index is 1250. The number of benzene rings is 2. The Labute approximate surface area is 202 Å². The summed E-state index contributed by atoms with van der Waals surface area (Å²) >= 11 is 6.23. The summed E-state index contributed by atoms with van der Waals surface area (Å²) in [4.78, 5) is 14.4. The van der Waals surface area contributed by atoms with Gasteiger partial charge < -0.3 is 15.7 Å². The zero-order valence-electron chi connectivity index (χ0n) is 18.6. The summed E-state index contributed by atoms with van der Waals surface area (Å²) in [6.45, 7) is 3.56. The second kappa shape index (κ2) is 8.67. The quantitative estimate of drug-likeness (QED) is 0.512. The molecule has 2 aromatic carbocycles. The van der Waals surface area contributed by atoms with Gasteiger partial charge in [-0.3, -0.25) is 4.90 Å². The molecule has 2 bridgehead atoms. The number of anilines is 2. The van der Waals surface area contributed by atoms with Gasteiger partial charge in [-0.1, -0.05) is 17.7 Å².